The molecule has 1 aromatic carbocycles. The first-order valence-corrected chi connectivity index (χ1v) is 6.40. The molecule has 3 nitrogen and oxygen atoms in total. The number of benzene rings is 1. The summed E-state index contributed by atoms with van der Waals surface area (Å²) in [5.41, 5.74) is 1.02. The number of hydrogen-bond donors (Lipinski definition) is 1. The molecule has 5 heteroatoms. The van der Waals surface area contributed by atoms with E-state index in [0.29, 0.717) is 0 Å². The average Bonchev–Trinajstić information content (AvgIpc) is 2.69. The van der Waals surface area contributed by atoms with Crippen molar-refractivity contribution in [1.82, 2.24) is 14.9 Å². The van der Waals surface area contributed by atoms with Gasteiger partial charge in [-0.05, 0) is 24.7 Å². The highest BCUT2D eigenvalue weighted by Crippen LogP contribution is 2.29. The Bertz CT molecular complexity index is 524. The molecule has 17 heavy (non-hydrogen) atoms. The zero-order chi connectivity index (χ0) is 12.4. The van der Waals surface area contributed by atoms with E-state index >= 15 is 0 Å². The third kappa shape index (κ3) is 2.54. The highest BCUT2D eigenvalue weighted by Gasteiger charge is 2.18. The van der Waals surface area contributed by atoms with Crippen LogP contribution in [0.3, 0.4) is 0 Å². The molecule has 1 unspecified atom stereocenters. The standard InChI is InChI=1S/C12H13BrClN3/c1-15-11(12-16-5-6-17(12)2)9-4-3-8(13)7-10(9)14/h3-7,11,15H,1-2H3. The Labute approximate surface area is 114 Å². The molecule has 1 atom stereocenters. The van der Waals surface area contributed by atoms with E-state index < -0.39 is 0 Å². The topological polar surface area (TPSA) is 29.9 Å². The first-order chi connectivity index (χ1) is 8.13. The highest BCUT2D eigenvalue weighted by atomic mass is 79.9. The first-order valence-electron chi connectivity index (χ1n) is 5.23. The van der Waals surface area contributed by atoms with Crippen LogP contribution >= 0.6 is 27.5 Å². The van der Waals surface area contributed by atoms with Gasteiger partial charge in [0.15, 0.2) is 0 Å². The molecule has 1 aromatic heterocycles. The van der Waals surface area contributed by atoms with Crippen molar-refractivity contribution in [3.63, 3.8) is 0 Å². The molecule has 0 aliphatic heterocycles. The van der Waals surface area contributed by atoms with Crippen molar-refractivity contribution in [2.45, 2.75) is 6.04 Å². The predicted octanol–water partition coefficient (Wildman–Crippen LogP) is 3.14. The minimum absolute atomic E-state index is 0.00407. The van der Waals surface area contributed by atoms with E-state index in [1.165, 1.54) is 0 Å². The quantitative estimate of drug-likeness (QED) is 0.943. The number of aromatic nitrogens is 2. The molecular weight excluding hydrogens is 302 g/mol. The predicted molar refractivity (Wildman–Crippen MR) is 73.3 cm³/mol. The van der Waals surface area contributed by atoms with Gasteiger partial charge in [0.1, 0.15) is 5.82 Å². The van der Waals surface area contributed by atoms with Gasteiger partial charge in [0.25, 0.3) is 0 Å². The van der Waals surface area contributed by atoms with E-state index in [1.807, 2.05) is 43.1 Å². The number of imidazole rings is 1. The molecule has 0 aliphatic carbocycles. The summed E-state index contributed by atoms with van der Waals surface area (Å²) < 4.78 is 2.96. The molecule has 1 N–H and O–H groups in total. The van der Waals surface area contributed by atoms with Crippen LogP contribution in [0.15, 0.2) is 35.1 Å². The van der Waals surface area contributed by atoms with Crippen molar-refractivity contribution in [2.75, 3.05) is 7.05 Å². The molecule has 2 aromatic rings. The lowest BCUT2D eigenvalue weighted by Gasteiger charge is -2.18. The van der Waals surface area contributed by atoms with Crippen LogP contribution in [0.2, 0.25) is 5.02 Å². The van der Waals surface area contributed by atoms with E-state index in [-0.39, 0.29) is 6.04 Å². The van der Waals surface area contributed by atoms with Crippen LogP contribution in [-0.4, -0.2) is 16.6 Å². The molecule has 0 bridgehead atoms. The van der Waals surface area contributed by atoms with E-state index in [1.54, 1.807) is 6.20 Å². The van der Waals surface area contributed by atoms with Crippen LogP contribution in [0.25, 0.3) is 0 Å². The maximum Gasteiger partial charge on any atom is 0.130 e. The van der Waals surface area contributed by atoms with E-state index in [9.17, 15) is 0 Å². The highest BCUT2D eigenvalue weighted by molar-refractivity contribution is 9.10. The summed E-state index contributed by atoms with van der Waals surface area (Å²) in [5.74, 6) is 0.941. The molecule has 90 valence electrons. The van der Waals surface area contributed by atoms with Gasteiger partial charge >= 0.3 is 0 Å². The fourth-order valence-corrected chi connectivity index (χ4v) is 2.60. The average molecular weight is 315 g/mol. The SMILES string of the molecule is CNC(c1ccc(Br)cc1Cl)c1nccn1C. The van der Waals surface area contributed by atoms with Crippen LogP contribution < -0.4 is 5.32 Å². The molecule has 1 heterocycles. The minimum Gasteiger partial charge on any atom is -0.336 e. The second-order valence-corrected chi connectivity index (χ2v) is 5.11. The van der Waals surface area contributed by atoms with Gasteiger partial charge in [-0.3, -0.25) is 0 Å². The molecule has 0 amide bonds. The van der Waals surface area contributed by atoms with Gasteiger partial charge in [0.05, 0.1) is 6.04 Å². The zero-order valence-electron chi connectivity index (χ0n) is 9.61. The summed E-state index contributed by atoms with van der Waals surface area (Å²) in [6.45, 7) is 0. The van der Waals surface area contributed by atoms with Crippen LogP contribution in [-0.2, 0) is 7.05 Å². The fourth-order valence-electron chi connectivity index (χ4n) is 1.81. The maximum absolute atomic E-state index is 6.27. The second kappa shape index (κ2) is 5.21. The van der Waals surface area contributed by atoms with Crippen LogP contribution in [0.1, 0.15) is 17.4 Å². The van der Waals surface area contributed by atoms with Gasteiger partial charge in [-0.2, -0.15) is 0 Å². The summed E-state index contributed by atoms with van der Waals surface area (Å²) >= 11 is 9.67. The lowest BCUT2D eigenvalue weighted by atomic mass is 10.1. The van der Waals surface area contributed by atoms with Crippen LogP contribution in [0, 0.1) is 0 Å². The molecule has 0 saturated carbocycles. The van der Waals surface area contributed by atoms with Gasteiger partial charge in [-0.1, -0.05) is 33.6 Å². The largest absolute Gasteiger partial charge is 0.336 e. The van der Waals surface area contributed by atoms with Gasteiger partial charge in [0.2, 0.25) is 0 Å². The van der Waals surface area contributed by atoms with Crippen LogP contribution in [0.5, 0.6) is 0 Å². The lowest BCUT2D eigenvalue weighted by molar-refractivity contribution is 0.617. The van der Waals surface area contributed by atoms with Crippen molar-refractivity contribution in [1.29, 1.82) is 0 Å². The third-order valence-corrected chi connectivity index (χ3v) is 3.50. The number of rotatable bonds is 3. The fraction of sp³-hybridized carbons (Fsp3) is 0.250. The molecule has 0 fully saturated rings. The first kappa shape index (κ1) is 12.6. The number of nitrogens with one attached hydrogen (secondary N) is 1. The Morgan fingerprint density at radius 2 is 2.24 bits per heavy atom. The molecule has 0 radical (unpaired) electrons. The summed E-state index contributed by atoms with van der Waals surface area (Å²) in [6, 6.07) is 5.87. The van der Waals surface area contributed by atoms with Gasteiger partial charge < -0.3 is 9.88 Å². The Morgan fingerprint density at radius 1 is 1.47 bits per heavy atom. The molecule has 0 saturated heterocycles. The third-order valence-electron chi connectivity index (χ3n) is 2.68. The number of halogens is 2. The van der Waals surface area contributed by atoms with E-state index in [2.05, 4.69) is 26.2 Å². The Hall–Kier alpha value is -0.840. The Kier molecular flexibility index (Phi) is 3.86. The minimum atomic E-state index is -0.00407. The summed E-state index contributed by atoms with van der Waals surface area (Å²) in [6.07, 6.45) is 3.71. The van der Waals surface area contributed by atoms with Crippen molar-refractivity contribution < 1.29 is 0 Å². The number of aryl methyl sites for hydroxylation is 1. The Morgan fingerprint density at radius 3 is 2.76 bits per heavy atom. The van der Waals surface area contributed by atoms with E-state index in [4.69, 9.17) is 11.6 Å². The van der Waals surface area contributed by atoms with Crippen molar-refractivity contribution >= 4 is 27.5 Å². The number of hydrogen-bond acceptors (Lipinski definition) is 2. The lowest BCUT2D eigenvalue weighted by Crippen LogP contribution is -2.21. The molecular formula is C12H13BrClN3. The summed E-state index contributed by atoms with van der Waals surface area (Å²) in [5, 5.41) is 3.96. The monoisotopic (exact) mass is 313 g/mol. The Balaban J connectivity index is 2.46. The van der Waals surface area contributed by atoms with Crippen LogP contribution in [0.4, 0.5) is 0 Å². The molecule has 0 aliphatic rings. The normalized spacial score (nSPS) is 12.7. The number of nitrogens with zero attached hydrogens (tertiary/aromatic N) is 2. The van der Waals surface area contributed by atoms with Crippen molar-refractivity contribution in [3.8, 4) is 0 Å². The molecule has 0 spiro atoms. The second-order valence-electron chi connectivity index (χ2n) is 3.78. The maximum atomic E-state index is 6.27. The van der Waals surface area contributed by atoms with E-state index in [0.717, 1.165) is 20.9 Å². The van der Waals surface area contributed by atoms with Gasteiger partial charge in [-0.25, -0.2) is 4.98 Å². The zero-order valence-corrected chi connectivity index (χ0v) is 12.0. The van der Waals surface area contributed by atoms with Crippen molar-refractivity contribution in [3.05, 3.63) is 51.5 Å². The summed E-state index contributed by atoms with van der Waals surface area (Å²) in [4.78, 5) is 4.36. The summed E-state index contributed by atoms with van der Waals surface area (Å²) in [7, 11) is 3.87. The molecule has 2 rings (SSSR count). The van der Waals surface area contributed by atoms with Crippen molar-refractivity contribution in [2.24, 2.45) is 7.05 Å². The smallest absolute Gasteiger partial charge is 0.130 e. The van der Waals surface area contributed by atoms with Gasteiger partial charge in [-0.15, -0.1) is 0 Å². The van der Waals surface area contributed by atoms with Gasteiger partial charge in [0, 0.05) is 28.9 Å².